The zero-order valence-corrected chi connectivity index (χ0v) is 19.2. The molecule has 0 saturated heterocycles. The Bertz CT molecular complexity index is 1190. The molecule has 0 atom stereocenters. The summed E-state index contributed by atoms with van der Waals surface area (Å²) < 4.78 is 6.13. The van der Waals surface area contributed by atoms with Gasteiger partial charge in [0.05, 0.1) is 15.6 Å². The minimum Gasteiger partial charge on any atom is -0.488 e. The third kappa shape index (κ3) is 6.16. The topological polar surface area (TPSA) is 58.6 Å². The van der Waals surface area contributed by atoms with Gasteiger partial charge >= 0.3 is 5.97 Å². The molecule has 0 aliphatic rings. The second-order valence-corrected chi connectivity index (χ2v) is 7.97. The van der Waals surface area contributed by atoms with E-state index >= 15 is 0 Å². The van der Waals surface area contributed by atoms with Gasteiger partial charge < -0.3 is 15.2 Å². The van der Waals surface area contributed by atoms with E-state index in [0.717, 1.165) is 22.4 Å². The molecule has 0 saturated carbocycles. The van der Waals surface area contributed by atoms with Gasteiger partial charge in [-0.25, -0.2) is 4.79 Å². The first-order chi connectivity index (χ1) is 15.4. The Morgan fingerprint density at radius 3 is 2.59 bits per heavy atom. The molecule has 0 aliphatic heterocycles. The monoisotopic (exact) mass is 467 g/mol. The Morgan fingerprint density at radius 2 is 1.88 bits per heavy atom. The highest BCUT2D eigenvalue weighted by molar-refractivity contribution is 6.42. The maximum atomic E-state index is 11.4. The van der Waals surface area contributed by atoms with Crippen molar-refractivity contribution in [2.45, 2.75) is 20.5 Å². The number of carbonyl (C=O) groups is 1. The molecule has 0 aliphatic carbocycles. The highest BCUT2D eigenvalue weighted by Gasteiger charge is 2.12. The number of hydrogen-bond donors (Lipinski definition) is 2. The lowest BCUT2D eigenvalue weighted by atomic mass is 10.1. The van der Waals surface area contributed by atoms with Crippen molar-refractivity contribution in [1.82, 2.24) is 0 Å². The fourth-order valence-corrected chi connectivity index (χ4v) is 3.37. The molecule has 0 radical (unpaired) electrons. The van der Waals surface area contributed by atoms with Crippen LogP contribution in [0.2, 0.25) is 10.0 Å². The van der Waals surface area contributed by atoms with Crippen molar-refractivity contribution >= 4 is 40.6 Å². The van der Waals surface area contributed by atoms with Crippen molar-refractivity contribution in [2.24, 2.45) is 0 Å². The number of carboxylic acids is 1. The van der Waals surface area contributed by atoms with Crippen LogP contribution in [0.4, 0.5) is 5.69 Å². The lowest BCUT2D eigenvalue weighted by Gasteiger charge is -2.17. The van der Waals surface area contributed by atoms with Gasteiger partial charge in [0.25, 0.3) is 0 Å². The molecule has 32 heavy (non-hydrogen) atoms. The van der Waals surface area contributed by atoms with Gasteiger partial charge in [0.1, 0.15) is 12.4 Å². The molecule has 0 bridgehead atoms. The Hall–Kier alpha value is -3.21. The van der Waals surface area contributed by atoms with Gasteiger partial charge in [-0.2, -0.15) is 0 Å². The zero-order chi connectivity index (χ0) is 23.1. The Kier molecular flexibility index (Phi) is 7.98. The summed E-state index contributed by atoms with van der Waals surface area (Å²) in [7, 11) is 0. The van der Waals surface area contributed by atoms with E-state index in [4.69, 9.17) is 27.9 Å². The molecule has 2 N–H and O–H groups in total. The van der Waals surface area contributed by atoms with Gasteiger partial charge in [-0.05, 0) is 68.0 Å². The lowest BCUT2D eigenvalue weighted by Crippen LogP contribution is -2.05. The number of aromatic carboxylic acids is 1. The van der Waals surface area contributed by atoms with Crippen LogP contribution >= 0.6 is 23.2 Å². The van der Waals surface area contributed by atoms with E-state index < -0.39 is 5.97 Å². The van der Waals surface area contributed by atoms with Gasteiger partial charge in [-0.3, -0.25) is 0 Å². The zero-order valence-electron chi connectivity index (χ0n) is 17.7. The third-order valence-electron chi connectivity index (χ3n) is 4.65. The average molecular weight is 468 g/mol. The van der Waals surface area contributed by atoms with Crippen LogP contribution in [0.3, 0.4) is 0 Å². The molecule has 6 heteroatoms. The molecule has 0 aromatic heterocycles. The van der Waals surface area contributed by atoms with Gasteiger partial charge in [0.2, 0.25) is 0 Å². The van der Waals surface area contributed by atoms with E-state index in [2.05, 4.69) is 5.32 Å². The first kappa shape index (κ1) is 23.5. The summed E-state index contributed by atoms with van der Waals surface area (Å²) in [4.78, 5) is 11.4. The molecule has 0 amide bonds. The average Bonchev–Trinajstić information content (AvgIpc) is 2.78. The van der Waals surface area contributed by atoms with Crippen molar-refractivity contribution in [1.29, 1.82) is 0 Å². The van der Waals surface area contributed by atoms with Crippen LogP contribution in [0.15, 0.2) is 78.9 Å². The fourth-order valence-electron chi connectivity index (χ4n) is 3.05. The van der Waals surface area contributed by atoms with Crippen molar-refractivity contribution < 1.29 is 14.6 Å². The molecule has 4 nitrogen and oxygen atoms in total. The van der Waals surface area contributed by atoms with Crippen LogP contribution in [0.1, 0.15) is 34.0 Å². The number of carboxylic acid groups (broad SMARTS) is 1. The highest BCUT2D eigenvalue weighted by Crippen LogP contribution is 2.30. The lowest BCUT2D eigenvalue weighted by molar-refractivity contribution is 0.0697. The second-order valence-electron chi connectivity index (χ2n) is 7.15. The number of rotatable bonds is 8. The Morgan fingerprint density at radius 1 is 1.06 bits per heavy atom. The standard InChI is InChI=1S/C26H23Cl2NO3/c1-3-4-8-24(29-20-7-5-6-19(15-20)26(30)31)21-13-17(2)9-12-25(21)32-16-18-10-11-22(27)23(28)14-18/h3-15,29H,16H2,1-2H3,(H,30,31)/b4-3+,24-8-. The quantitative estimate of drug-likeness (QED) is 0.334. The number of aryl methyl sites for hydroxylation is 1. The largest absolute Gasteiger partial charge is 0.488 e. The summed E-state index contributed by atoms with van der Waals surface area (Å²) in [6.45, 7) is 4.25. The summed E-state index contributed by atoms with van der Waals surface area (Å²) in [5.41, 5.74) is 4.46. The number of ether oxygens (including phenoxy) is 1. The number of anilines is 1. The van der Waals surface area contributed by atoms with Crippen LogP contribution in [0.5, 0.6) is 5.75 Å². The summed E-state index contributed by atoms with van der Waals surface area (Å²) >= 11 is 12.1. The summed E-state index contributed by atoms with van der Waals surface area (Å²) in [5, 5.41) is 13.6. The highest BCUT2D eigenvalue weighted by atomic mass is 35.5. The van der Waals surface area contributed by atoms with Crippen molar-refractivity contribution in [3.05, 3.63) is 111 Å². The molecule has 0 heterocycles. The first-order valence-corrected chi connectivity index (χ1v) is 10.7. The smallest absolute Gasteiger partial charge is 0.335 e. The summed E-state index contributed by atoms with van der Waals surface area (Å²) in [5.74, 6) is -0.298. The predicted molar refractivity (Wildman–Crippen MR) is 132 cm³/mol. The van der Waals surface area contributed by atoms with Gasteiger partial charge in [-0.15, -0.1) is 0 Å². The number of halogens is 2. The van der Waals surface area contributed by atoms with Crippen molar-refractivity contribution in [3.8, 4) is 5.75 Å². The summed E-state index contributed by atoms with van der Waals surface area (Å²) in [6, 6.07) is 18.0. The third-order valence-corrected chi connectivity index (χ3v) is 5.39. The Balaban J connectivity index is 1.94. The van der Waals surface area contributed by atoms with Crippen LogP contribution < -0.4 is 10.1 Å². The van der Waals surface area contributed by atoms with Gasteiger partial charge in [0.15, 0.2) is 0 Å². The molecule has 3 aromatic carbocycles. The van der Waals surface area contributed by atoms with E-state index in [-0.39, 0.29) is 5.56 Å². The van der Waals surface area contributed by atoms with Crippen LogP contribution in [-0.4, -0.2) is 11.1 Å². The maximum Gasteiger partial charge on any atom is 0.335 e. The van der Waals surface area contributed by atoms with Crippen molar-refractivity contribution in [3.63, 3.8) is 0 Å². The SMILES string of the molecule is C/C=C/C=C(\Nc1cccc(C(=O)O)c1)c1cc(C)ccc1OCc1ccc(Cl)c(Cl)c1. The van der Waals surface area contributed by atoms with E-state index in [0.29, 0.717) is 28.1 Å². The second kappa shape index (κ2) is 10.9. The van der Waals surface area contributed by atoms with Gasteiger partial charge in [-0.1, -0.05) is 59.1 Å². The predicted octanol–water partition coefficient (Wildman–Crippen LogP) is 7.61. The molecular formula is C26H23Cl2NO3. The van der Waals surface area contributed by atoms with Crippen molar-refractivity contribution in [2.75, 3.05) is 5.32 Å². The van der Waals surface area contributed by atoms with Gasteiger partial charge in [0, 0.05) is 16.9 Å². The van der Waals surface area contributed by atoms with E-state index in [1.54, 1.807) is 30.3 Å². The van der Waals surface area contributed by atoms with Crippen LogP contribution in [0.25, 0.3) is 5.70 Å². The first-order valence-electron chi connectivity index (χ1n) is 9.98. The number of hydrogen-bond acceptors (Lipinski definition) is 3. The number of allylic oxidation sites excluding steroid dienone is 3. The van der Waals surface area contributed by atoms with E-state index in [1.807, 2.05) is 62.4 Å². The number of nitrogens with one attached hydrogen (secondary N) is 1. The normalized spacial score (nSPS) is 11.6. The molecule has 164 valence electrons. The van der Waals surface area contributed by atoms with Crippen LogP contribution in [0, 0.1) is 6.92 Å². The fraction of sp³-hybridized carbons (Fsp3) is 0.115. The van der Waals surface area contributed by atoms with Crippen LogP contribution in [-0.2, 0) is 6.61 Å². The molecule has 0 unspecified atom stereocenters. The molecule has 3 rings (SSSR count). The van der Waals surface area contributed by atoms with E-state index in [9.17, 15) is 9.90 Å². The maximum absolute atomic E-state index is 11.4. The summed E-state index contributed by atoms with van der Waals surface area (Å²) in [6.07, 6.45) is 5.75. The minimum atomic E-state index is -0.978. The molecular weight excluding hydrogens is 445 g/mol. The number of benzene rings is 3. The Labute approximate surface area is 197 Å². The minimum absolute atomic E-state index is 0.209. The van der Waals surface area contributed by atoms with E-state index in [1.165, 1.54) is 0 Å². The molecule has 0 fully saturated rings. The molecule has 0 spiro atoms. The molecule has 3 aromatic rings.